The summed E-state index contributed by atoms with van der Waals surface area (Å²) in [6.07, 6.45) is 9.87. The smallest absolute Gasteiger partial charge is 0.229 e. The summed E-state index contributed by atoms with van der Waals surface area (Å²) in [7, 11) is 0. The number of ether oxygens (including phenoxy) is 2. The number of hydrogen-bond donors (Lipinski definition) is 1. The molecule has 5 rings (SSSR count). The van der Waals surface area contributed by atoms with Gasteiger partial charge in [0.15, 0.2) is 5.75 Å². The van der Waals surface area contributed by atoms with E-state index in [-0.39, 0.29) is 6.10 Å². The molecule has 3 aliphatic rings. The lowest BCUT2D eigenvalue weighted by molar-refractivity contribution is 0.161. The van der Waals surface area contributed by atoms with Crippen LogP contribution >= 0.6 is 0 Å². The molecule has 2 aromatic heterocycles. The van der Waals surface area contributed by atoms with Crippen LogP contribution in [0.1, 0.15) is 50.3 Å². The van der Waals surface area contributed by atoms with E-state index in [4.69, 9.17) is 9.47 Å². The van der Waals surface area contributed by atoms with Crippen LogP contribution in [-0.4, -0.2) is 33.1 Å². The second kappa shape index (κ2) is 7.80. The third kappa shape index (κ3) is 4.38. The largest absolute Gasteiger partial charge is 0.472 e. The molecule has 6 nitrogen and oxygen atoms in total. The van der Waals surface area contributed by atoms with Crippen molar-refractivity contribution in [3.8, 4) is 17.5 Å². The maximum absolute atomic E-state index is 6.14. The third-order valence-corrected chi connectivity index (χ3v) is 5.53. The van der Waals surface area contributed by atoms with Crippen molar-refractivity contribution < 1.29 is 9.47 Å². The van der Waals surface area contributed by atoms with Crippen LogP contribution in [0, 0.1) is 19.8 Å². The Morgan fingerprint density at radius 1 is 1.04 bits per heavy atom. The SMILES string of the molecule is CC1CC1.Cc1ncccc1Oc1ncnc(O[C@H]2CC3CCC2N3)c1C. The van der Waals surface area contributed by atoms with E-state index >= 15 is 0 Å². The predicted molar refractivity (Wildman–Crippen MR) is 103 cm³/mol. The van der Waals surface area contributed by atoms with Crippen molar-refractivity contribution in [2.75, 3.05) is 0 Å². The van der Waals surface area contributed by atoms with Crippen LogP contribution in [0.3, 0.4) is 0 Å². The highest BCUT2D eigenvalue weighted by Gasteiger charge is 2.41. The van der Waals surface area contributed by atoms with Gasteiger partial charge in [-0.2, -0.15) is 0 Å². The minimum absolute atomic E-state index is 0.190. The molecule has 1 saturated carbocycles. The molecular weight excluding hydrogens is 340 g/mol. The van der Waals surface area contributed by atoms with Gasteiger partial charge < -0.3 is 14.8 Å². The van der Waals surface area contributed by atoms with E-state index < -0.39 is 0 Å². The molecule has 2 aromatic rings. The fraction of sp³-hybridized carbons (Fsp3) is 0.571. The molecule has 2 aliphatic heterocycles. The van der Waals surface area contributed by atoms with E-state index in [1.165, 1.54) is 32.0 Å². The minimum Gasteiger partial charge on any atom is -0.472 e. The number of fused-ring (bicyclic) bond motifs is 2. The Hall–Kier alpha value is -2.21. The summed E-state index contributed by atoms with van der Waals surface area (Å²) >= 11 is 0. The molecule has 1 N–H and O–H groups in total. The number of hydrogen-bond acceptors (Lipinski definition) is 6. The van der Waals surface area contributed by atoms with Gasteiger partial charge in [-0.15, -0.1) is 0 Å². The number of aromatic nitrogens is 3. The lowest BCUT2D eigenvalue weighted by Crippen LogP contribution is -2.32. The molecule has 3 atom stereocenters. The quantitative estimate of drug-likeness (QED) is 0.881. The first kappa shape index (κ1) is 18.2. The summed E-state index contributed by atoms with van der Waals surface area (Å²) in [5.41, 5.74) is 1.64. The number of rotatable bonds is 4. The fourth-order valence-corrected chi connectivity index (χ4v) is 3.54. The van der Waals surface area contributed by atoms with Crippen LogP contribution in [0.15, 0.2) is 24.7 Å². The average Bonchev–Trinajstić information content (AvgIpc) is 3.17. The van der Waals surface area contributed by atoms with Crippen molar-refractivity contribution in [3.63, 3.8) is 0 Å². The molecule has 144 valence electrons. The minimum atomic E-state index is 0.190. The fourth-order valence-electron chi connectivity index (χ4n) is 3.54. The highest BCUT2D eigenvalue weighted by atomic mass is 16.5. The van der Waals surface area contributed by atoms with Gasteiger partial charge in [-0.1, -0.05) is 19.8 Å². The number of nitrogens with zero attached hydrogens (tertiary/aromatic N) is 3. The summed E-state index contributed by atoms with van der Waals surface area (Å²) in [6, 6.07) is 4.77. The van der Waals surface area contributed by atoms with Gasteiger partial charge in [0.2, 0.25) is 11.8 Å². The molecule has 4 heterocycles. The Balaban J connectivity index is 0.000000400. The molecule has 0 radical (unpaired) electrons. The average molecular weight is 368 g/mol. The van der Waals surface area contributed by atoms with Crippen molar-refractivity contribution in [2.24, 2.45) is 5.92 Å². The second-order valence-electron chi connectivity index (χ2n) is 7.92. The Morgan fingerprint density at radius 3 is 2.44 bits per heavy atom. The van der Waals surface area contributed by atoms with Crippen LogP contribution in [0.25, 0.3) is 0 Å². The molecule has 1 aliphatic carbocycles. The lowest BCUT2D eigenvalue weighted by atomic mass is 9.98. The van der Waals surface area contributed by atoms with Gasteiger partial charge in [0.05, 0.1) is 11.3 Å². The first-order chi connectivity index (χ1) is 13.1. The number of nitrogens with one attached hydrogen (secondary N) is 1. The van der Waals surface area contributed by atoms with E-state index in [0.29, 0.717) is 29.6 Å². The Labute approximate surface area is 160 Å². The Bertz CT molecular complexity index is 794. The van der Waals surface area contributed by atoms with Gasteiger partial charge in [-0.05, 0) is 44.7 Å². The highest BCUT2D eigenvalue weighted by molar-refractivity contribution is 5.37. The van der Waals surface area contributed by atoms with Crippen molar-refractivity contribution >= 4 is 0 Å². The molecule has 0 aromatic carbocycles. The van der Waals surface area contributed by atoms with Crippen LogP contribution in [-0.2, 0) is 0 Å². The zero-order valence-electron chi connectivity index (χ0n) is 16.3. The van der Waals surface area contributed by atoms with Gasteiger partial charge in [-0.3, -0.25) is 4.98 Å². The van der Waals surface area contributed by atoms with Crippen LogP contribution in [0.4, 0.5) is 0 Å². The molecule has 0 spiro atoms. The molecule has 0 amide bonds. The van der Waals surface area contributed by atoms with Crippen molar-refractivity contribution in [1.29, 1.82) is 0 Å². The first-order valence-corrected chi connectivity index (χ1v) is 9.94. The first-order valence-electron chi connectivity index (χ1n) is 9.94. The Kier molecular flexibility index (Phi) is 5.25. The Morgan fingerprint density at radius 2 is 1.81 bits per heavy atom. The van der Waals surface area contributed by atoms with E-state index in [9.17, 15) is 0 Å². The van der Waals surface area contributed by atoms with E-state index in [1.54, 1.807) is 6.20 Å². The molecule has 2 bridgehead atoms. The van der Waals surface area contributed by atoms with E-state index in [0.717, 1.165) is 23.6 Å². The van der Waals surface area contributed by atoms with Gasteiger partial charge >= 0.3 is 0 Å². The number of aryl methyl sites for hydroxylation is 1. The number of pyridine rings is 1. The topological polar surface area (TPSA) is 69.2 Å². The molecule has 3 fully saturated rings. The second-order valence-corrected chi connectivity index (χ2v) is 7.92. The standard InChI is InChI=1S/C17H20N4O2.C4H8/c1-10-16(22-14-4-3-7-18-11(14)2)19-9-20-17(10)23-15-8-12-5-6-13(15)21-12;1-4-2-3-4/h3-4,7,9,12-13,15,21H,5-6,8H2,1-2H3;4H,2-3H2,1H3/t12?,13?,15-;/m0./s1. The summed E-state index contributed by atoms with van der Waals surface area (Å²) in [5, 5.41) is 3.57. The van der Waals surface area contributed by atoms with E-state index in [2.05, 4.69) is 27.2 Å². The van der Waals surface area contributed by atoms with Crippen LogP contribution < -0.4 is 14.8 Å². The van der Waals surface area contributed by atoms with Gasteiger partial charge in [0.25, 0.3) is 0 Å². The van der Waals surface area contributed by atoms with Crippen molar-refractivity contribution in [2.45, 2.75) is 71.1 Å². The molecule has 2 saturated heterocycles. The predicted octanol–water partition coefficient (Wildman–Crippen LogP) is 3.97. The zero-order valence-corrected chi connectivity index (χ0v) is 16.3. The van der Waals surface area contributed by atoms with Crippen molar-refractivity contribution in [1.82, 2.24) is 20.3 Å². The zero-order chi connectivity index (χ0) is 18.8. The monoisotopic (exact) mass is 368 g/mol. The van der Waals surface area contributed by atoms with Crippen LogP contribution in [0.5, 0.6) is 17.5 Å². The maximum atomic E-state index is 6.14. The van der Waals surface area contributed by atoms with Gasteiger partial charge in [0, 0.05) is 24.7 Å². The maximum Gasteiger partial charge on any atom is 0.229 e. The molecule has 6 heteroatoms. The summed E-state index contributed by atoms with van der Waals surface area (Å²) in [4.78, 5) is 12.8. The normalized spacial score (nSPS) is 25.7. The van der Waals surface area contributed by atoms with Gasteiger partial charge in [-0.25, -0.2) is 9.97 Å². The molecular formula is C21H28N4O2. The summed E-state index contributed by atoms with van der Waals surface area (Å²) < 4.78 is 12.0. The third-order valence-electron chi connectivity index (χ3n) is 5.53. The summed E-state index contributed by atoms with van der Waals surface area (Å²) in [6.45, 7) is 6.11. The molecule has 27 heavy (non-hydrogen) atoms. The lowest BCUT2D eigenvalue weighted by Gasteiger charge is -2.22. The van der Waals surface area contributed by atoms with E-state index in [1.807, 2.05) is 26.0 Å². The van der Waals surface area contributed by atoms with Crippen LogP contribution in [0.2, 0.25) is 0 Å². The van der Waals surface area contributed by atoms with Gasteiger partial charge in [0.1, 0.15) is 12.4 Å². The highest BCUT2D eigenvalue weighted by Crippen LogP contribution is 2.34. The molecule has 2 unspecified atom stereocenters. The summed E-state index contributed by atoms with van der Waals surface area (Å²) in [5.74, 6) is 2.90. The van der Waals surface area contributed by atoms with Crippen molar-refractivity contribution in [3.05, 3.63) is 35.9 Å².